The third-order valence-corrected chi connectivity index (χ3v) is 3.69. The van der Waals surface area contributed by atoms with Crippen LogP contribution in [-0.4, -0.2) is 34.6 Å². The topological polar surface area (TPSA) is 120 Å². The molecular weight excluding hydrogens is 270 g/mol. The fourth-order valence-electron chi connectivity index (χ4n) is 2.41. The number of nitrogens with zero attached hydrogens (tertiary/aromatic N) is 2. The molecule has 0 bridgehead atoms. The lowest BCUT2D eigenvalue weighted by molar-refractivity contribution is 0.273. The summed E-state index contributed by atoms with van der Waals surface area (Å²) in [5.74, 6) is 1.25. The van der Waals surface area contributed by atoms with Crippen molar-refractivity contribution in [1.29, 1.82) is 5.41 Å². The van der Waals surface area contributed by atoms with Gasteiger partial charge < -0.3 is 20.6 Å². The minimum Gasteiger partial charge on any atom is -0.494 e. The third kappa shape index (κ3) is 2.47. The van der Waals surface area contributed by atoms with Gasteiger partial charge in [-0.15, -0.1) is 0 Å². The summed E-state index contributed by atoms with van der Waals surface area (Å²) in [5, 5.41) is 17.9. The molecule has 1 aromatic carbocycles. The number of rotatable bonds is 3. The minimum atomic E-state index is 0.0263. The van der Waals surface area contributed by atoms with Gasteiger partial charge in [-0.1, -0.05) is 6.07 Å². The first kappa shape index (κ1) is 13.6. The molecule has 2 atom stereocenters. The van der Waals surface area contributed by atoms with Crippen LogP contribution in [0.15, 0.2) is 23.2 Å². The van der Waals surface area contributed by atoms with Crippen molar-refractivity contribution >= 4 is 22.7 Å². The highest BCUT2D eigenvalue weighted by Crippen LogP contribution is 2.38. The van der Waals surface area contributed by atoms with E-state index in [4.69, 9.17) is 21.0 Å². The molecule has 0 spiro atoms. The van der Waals surface area contributed by atoms with Crippen LogP contribution in [0.4, 0.5) is 5.95 Å². The number of ether oxygens (including phenoxy) is 1. The van der Waals surface area contributed by atoms with E-state index >= 15 is 0 Å². The second-order valence-corrected chi connectivity index (χ2v) is 5.11. The van der Waals surface area contributed by atoms with Gasteiger partial charge in [0.15, 0.2) is 5.95 Å². The van der Waals surface area contributed by atoms with Crippen LogP contribution in [0.25, 0.3) is 10.9 Å². The molecule has 1 aliphatic carbocycles. The summed E-state index contributed by atoms with van der Waals surface area (Å²) in [4.78, 5) is 11.4. The molecule has 5 N–H and O–H groups in total. The highest BCUT2D eigenvalue weighted by atomic mass is 16.5. The zero-order chi connectivity index (χ0) is 15.0. The maximum absolute atomic E-state index is 9.08. The Kier molecular flexibility index (Phi) is 3.34. The molecule has 110 valence electrons. The molecule has 0 radical (unpaired) electrons. The zero-order valence-corrected chi connectivity index (χ0v) is 11.6. The lowest BCUT2D eigenvalue weighted by Crippen LogP contribution is -2.17. The Morgan fingerprint density at radius 2 is 2.43 bits per heavy atom. The molecule has 2 unspecified atom stereocenters. The van der Waals surface area contributed by atoms with E-state index in [2.05, 4.69) is 15.0 Å². The van der Waals surface area contributed by atoms with Crippen LogP contribution in [-0.2, 0) is 0 Å². The lowest BCUT2D eigenvalue weighted by atomic mass is 10.2. The zero-order valence-electron chi connectivity index (χ0n) is 11.6. The number of methoxy groups -OCH3 is 1. The number of benzene rings is 1. The molecular formula is C14H17N5O2. The number of aliphatic hydroxyl groups excluding tert-OH is 1. The number of aromatic nitrogens is 2. The molecule has 0 saturated heterocycles. The number of nitrogens with one attached hydrogen (secondary N) is 2. The molecule has 2 aromatic rings. The Morgan fingerprint density at radius 3 is 3.10 bits per heavy atom. The normalized spacial score (nSPS) is 21.5. The minimum absolute atomic E-state index is 0.0263. The van der Waals surface area contributed by atoms with Gasteiger partial charge in [-0.05, 0) is 24.5 Å². The third-order valence-electron chi connectivity index (χ3n) is 3.69. The monoisotopic (exact) mass is 287 g/mol. The molecule has 21 heavy (non-hydrogen) atoms. The molecule has 1 saturated carbocycles. The first-order valence-electron chi connectivity index (χ1n) is 6.70. The van der Waals surface area contributed by atoms with Crippen molar-refractivity contribution in [2.75, 3.05) is 19.5 Å². The number of anilines is 1. The average molecular weight is 287 g/mol. The summed E-state index contributed by atoms with van der Waals surface area (Å²) < 4.78 is 5.28. The summed E-state index contributed by atoms with van der Waals surface area (Å²) >= 11 is 0. The quantitative estimate of drug-likeness (QED) is 0.489. The molecule has 7 heteroatoms. The van der Waals surface area contributed by atoms with Crippen LogP contribution in [0.3, 0.4) is 0 Å². The van der Waals surface area contributed by atoms with Crippen LogP contribution in [0, 0.1) is 17.2 Å². The molecule has 1 aliphatic rings. The summed E-state index contributed by atoms with van der Waals surface area (Å²) in [7, 11) is 1.57. The second-order valence-electron chi connectivity index (χ2n) is 5.11. The number of H-pyrrole nitrogens is 1. The predicted molar refractivity (Wildman–Crippen MR) is 79.0 cm³/mol. The summed E-state index contributed by atoms with van der Waals surface area (Å²) in [6.45, 7) is 0.0966. The summed E-state index contributed by atoms with van der Waals surface area (Å²) in [6.07, 6.45) is 0.806. The van der Waals surface area contributed by atoms with Gasteiger partial charge in [0, 0.05) is 17.9 Å². The summed E-state index contributed by atoms with van der Waals surface area (Å²) in [6, 6.07) is 5.49. The Morgan fingerprint density at radius 1 is 1.62 bits per heavy atom. The average Bonchev–Trinajstić information content (AvgIpc) is 3.26. The fourth-order valence-corrected chi connectivity index (χ4v) is 2.41. The molecule has 7 nitrogen and oxygen atoms in total. The number of nitrogen functional groups attached to an aromatic ring is 1. The first-order chi connectivity index (χ1) is 10.1. The van der Waals surface area contributed by atoms with Crippen LogP contribution in [0.1, 0.15) is 6.42 Å². The van der Waals surface area contributed by atoms with E-state index in [0.29, 0.717) is 16.8 Å². The standard InChI is InChI=1S/C14H17N5O2/c1-21-10-4-2-3-8-11(10)17-14(16)19-13(8)18-12(15)9-5-7(9)6-20/h2-4,7,9,20H,5-6H2,1H3,(H4,15,16,17,18,19). The van der Waals surface area contributed by atoms with E-state index < -0.39 is 0 Å². The van der Waals surface area contributed by atoms with Crippen molar-refractivity contribution in [2.24, 2.45) is 16.8 Å². The number of fused-ring (bicyclic) bond motifs is 1. The number of para-hydroxylation sites is 1. The number of aromatic amines is 1. The Labute approximate surface area is 121 Å². The van der Waals surface area contributed by atoms with E-state index in [1.165, 1.54) is 0 Å². The van der Waals surface area contributed by atoms with Crippen LogP contribution < -0.4 is 16.0 Å². The van der Waals surface area contributed by atoms with E-state index in [1.54, 1.807) is 13.2 Å². The van der Waals surface area contributed by atoms with E-state index in [0.717, 1.165) is 11.8 Å². The SMILES string of the molecule is COc1cccc2/c(=N/C(=N)C3CC3CO)[nH]c(N)nc12. The lowest BCUT2D eigenvalue weighted by Gasteiger charge is -2.06. The predicted octanol–water partition coefficient (Wildman–Crippen LogP) is 0.660. The molecule has 1 heterocycles. The van der Waals surface area contributed by atoms with Crippen molar-refractivity contribution in [1.82, 2.24) is 9.97 Å². The van der Waals surface area contributed by atoms with Gasteiger partial charge in [-0.3, -0.25) is 5.41 Å². The van der Waals surface area contributed by atoms with Gasteiger partial charge in [0.05, 0.1) is 7.11 Å². The molecule has 1 fully saturated rings. The van der Waals surface area contributed by atoms with E-state index in [-0.39, 0.29) is 30.2 Å². The number of aliphatic hydroxyl groups is 1. The largest absolute Gasteiger partial charge is 0.494 e. The van der Waals surface area contributed by atoms with Gasteiger partial charge in [-0.2, -0.15) is 0 Å². The van der Waals surface area contributed by atoms with Crippen LogP contribution in [0.5, 0.6) is 5.75 Å². The number of amidine groups is 1. The van der Waals surface area contributed by atoms with Gasteiger partial charge in [0.2, 0.25) is 0 Å². The highest BCUT2D eigenvalue weighted by molar-refractivity contribution is 5.88. The smallest absolute Gasteiger partial charge is 0.199 e. The van der Waals surface area contributed by atoms with Crippen LogP contribution in [0.2, 0.25) is 0 Å². The Hall–Kier alpha value is -2.41. The number of hydrogen-bond donors (Lipinski definition) is 4. The summed E-state index contributed by atoms with van der Waals surface area (Å²) in [5.41, 5.74) is 6.88. The second kappa shape index (κ2) is 5.17. The van der Waals surface area contributed by atoms with Crippen molar-refractivity contribution in [3.63, 3.8) is 0 Å². The Balaban J connectivity index is 2.12. The molecule has 1 aromatic heterocycles. The Bertz CT molecular complexity index is 768. The van der Waals surface area contributed by atoms with Gasteiger partial charge in [-0.25, -0.2) is 9.98 Å². The number of nitrogens with two attached hydrogens (primary N) is 1. The molecule has 3 rings (SSSR count). The van der Waals surface area contributed by atoms with Crippen molar-refractivity contribution < 1.29 is 9.84 Å². The maximum Gasteiger partial charge on any atom is 0.199 e. The van der Waals surface area contributed by atoms with E-state index in [9.17, 15) is 0 Å². The van der Waals surface area contributed by atoms with Crippen molar-refractivity contribution in [3.8, 4) is 5.75 Å². The first-order valence-corrected chi connectivity index (χ1v) is 6.70. The van der Waals surface area contributed by atoms with Crippen molar-refractivity contribution in [2.45, 2.75) is 6.42 Å². The van der Waals surface area contributed by atoms with Crippen LogP contribution >= 0.6 is 0 Å². The van der Waals surface area contributed by atoms with Gasteiger partial charge in [0.1, 0.15) is 22.6 Å². The maximum atomic E-state index is 9.08. The van der Waals surface area contributed by atoms with Crippen molar-refractivity contribution in [3.05, 3.63) is 23.7 Å². The van der Waals surface area contributed by atoms with Gasteiger partial charge >= 0.3 is 0 Å². The van der Waals surface area contributed by atoms with Gasteiger partial charge in [0.25, 0.3) is 0 Å². The number of hydrogen-bond acceptors (Lipinski definition) is 5. The van der Waals surface area contributed by atoms with E-state index in [1.807, 2.05) is 12.1 Å². The fraction of sp³-hybridized carbons (Fsp3) is 0.357. The molecule has 0 amide bonds. The molecule has 0 aliphatic heterocycles. The highest BCUT2D eigenvalue weighted by Gasteiger charge is 2.39.